The van der Waals surface area contributed by atoms with Gasteiger partial charge in [0, 0.05) is 23.6 Å². The fourth-order valence-corrected chi connectivity index (χ4v) is 3.07. The molecule has 2 nitrogen and oxygen atoms in total. The molecule has 0 saturated carbocycles. The third kappa shape index (κ3) is 3.53. The number of hydrogen-bond donors (Lipinski definition) is 0. The molecule has 0 aromatic heterocycles. The second-order valence-electron chi connectivity index (χ2n) is 5.53. The van der Waals surface area contributed by atoms with Gasteiger partial charge in [0.15, 0.2) is 0 Å². The van der Waals surface area contributed by atoms with Gasteiger partial charge in [-0.2, -0.15) is 0 Å². The van der Waals surface area contributed by atoms with E-state index in [0.717, 1.165) is 26.7 Å². The molecule has 0 N–H and O–H groups in total. The summed E-state index contributed by atoms with van der Waals surface area (Å²) in [6.45, 7) is 6.64. The summed E-state index contributed by atoms with van der Waals surface area (Å²) >= 11 is 3.53. The Morgan fingerprint density at radius 2 is 1.67 bits per heavy atom. The van der Waals surface area contributed by atoms with E-state index in [9.17, 15) is 4.79 Å². The van der Waals surface area contributed by atoms with Crippen LogP contribution in [0.25, 0.3) is 0 Å². The van der Waals surface area contributed by atoms with Crippen molar-refractivity contribution in [2.75, 3.05) is 7.05 Å². The summed E-state index contributed by atoms with van der Waals surface area (Å²) in [5, 5.41) is 0. The summed E-state index contributed by atoms with van der Waals surface area (Å²) in [5.41, 5.74) is 5.19. The van der Waals surface area contributed by atoms with Gasteiger partial charge in [0.1, 0.15) is 0 Å². The quantitative estimate of drug-likeness (QED) is 0.792. The molecule has 0 atom stereocenters. The molecule has 110 valence electrons. The summed E-state index contributed by atoms with van der Waals surface area (Å²) in [4.78, 5) is 14.5. The molecule has 0 unspecified atom stereocenters. The van der Waals surface area contributed by atoms with Crippen LogP contribution >= 0.6 is 15.9 Å². The summed E-state index contributed by atoms with van der Waals surface area (Å²) < 4.78 is 1.03. The van der Waals surface area contributed by atoms with Gasteiger partial charge in [-0.25, -0.2) is 0 Å². The first-order chi connectivity index (χ1) is 9.90. The number of halogens is 1. The highest BCUT2D eigenvalue weighted by atomic mass is 79.9. The van der Waals surface area contributed by atoms with E-state index in [1.165, 1.54) is 5.56 Å². The van der Waals surface area contributed by atoms with E-state index >= 15 is 0 Å². The molecule has 21 heavy (non-hydrogen) atoms. The Labute approximate surface area is 134 Å². The Balaban J connectivity index is 2.26. The lowest BCUT2D eigenvalue weighted by Gasteiger charge is -2.21. The van der Waals surface area contributed by atoms with Crippen LogP contribution in [0.5, 0.6) is 0 Å². The van der Waals surface area contributed by atoms with Crippen LogP contribution < -0.4 is 0 Å². The fraction of sp³-hybridized carbons (Fsp3) is 0.278. The molecular weight excluding hydrogens is 326 g/mol. The third-order valence-electron chi connectivity index (χ3n) is 3.60. The first-order valence-corrected chi connectivity index (χ1v) is 7.76. The van der Waals surface area contributed by atoms with Gasteiger partial charge >= 0.3 is 0 Å². The van der Waals surface area contributed by atoms with Crippen molar-refractivity contribution in [2.45, 2.75) is 27.3 Å². The maximum absolute atomic E-state index is 12.7. The lowest BCUT2D eigenvalue weighted by molar-refractivity contribution is 0.0783. The highest BCUT2D eigenvalue weighted by Crippen LogP contribution is 2.21. The van der Waals surface area contributed by atoms with Gasteiger partial charge in [0.2, 0.25) is 0 Å². The fourth-order valence-electron chi connectivity index (χ4n) is 2.66. The predicted octanol–water partition coefficient (Wildman–Crippen LogP) is 4.65. The van der Waals surface area contributed by atoms with Crippen LogP contribution in [-0.4, -0.2) is 17.9 Å². The summed E-state index contributed by atoms with van der Waals surface area (Å²) in [6, 6.07) is 12.1. The summed E-state index contributed by atoms with van der Waals surface area (Å²) in [6.07, 6.45) is 0. The van der Waals surface area contributed by atoms with Gasteiger partial charge in [0.25, 0.3) is 5.91 Å². The van der Waals surface area contributed by atoms with Crippen molar-refractivity contribution in [3.05, 3.63) is 68.7 Å². The summed E-state index contributed by atoms with van der Waals surface area (Å²) in [5.74, 6) is 0.0701. The van der Waals surface area contributed by atoms with Crippen molar-refractivity contribution in [3.63, 3.8) is 0 Å². The number of rotatable bonds is 3. The first kappa shape index (κ1) is 15.8. The Kier molecular flexibility index (Phi) is 4.84. The largest absolute Gasteiger partial charge is 0.337 e. The van der Waals surface area contributed by atoms with Crippen molar-refractivity contribution in [2.24, 2.45) is 0 Å². The predicted molar refractivity (Wildman–Crippen MR) is 90.6 cm³/mol. The van der Waals surface area contributed by atoms with Gasteiger partial charge in [-0.15, -0.1) is 0 Å². The number of amides is 1. The Morgan fingerprint density at radius 3 is 2.24 bits per heavy atom. The topological polar surface area (TPSA) is 20.3 Å². The van der Waals surface area contributed by atoms with E-state index < -0.39 is 0 Å². The van der Waals surface area contributed by atoms with E-state index in [0.29, 0.717) is 6.54 Å². The van der Waals surface area contributed by atoms with Crippen LogP contribution in [0.3, 0.4) is 0 Å². The normalized spacial score (nSPS) is 10.5. The van der Waals surface area contributed by atoms with Crippen molar-refractivity contribution >= 4 is 21.8 Å². The van der Waals surface area contributed by atoms with Crippen LogP contribution in [0.4, 0.5) is 0 Å². The monoisotopic (exact) mass is 345 g/mol. The molecule has 0 radical (unpaired) electrons. The molecule has 0 aliphatic rings. The van der Waals surface area contributed by atoms with E-state index in [-0.39, 0.29) is 5.91 Å². The number of aryl methyl sites for hydroxylation is 3. The van der Waals surface area contributed by atoms with Gasteiger partial charge in [-0.05, 0) is 43.5 Å². The van der Waals surface area contributed by atoms with E-state index in [1.807, 2.05) is 45.2 Å². The minimum atomic E-state index is 0.0701. The maximum Gasteiger partial charge on any atom is 0.254 e. The van der Waals surface area contributed by atoms with Gasteiger partial charge in [0.05, 0.1) is 0 Å². The minimum absolute atomic E-state index is 0.0701. The van der Waals surface area contributed by atoms with Crippen LogP contribution in [0.1, 0.15) is 32.6 Å². The van der Waals surface area contributed by atoms with E-state index in [4.69, 9.17) is 0 Å². The maximum atomic E-state index is 12.7. The lowest BCUT2D eigenvalue weighted by Crippen LogP contribution is -2.27. The van der Waals surface area contributed by atoms with Crippen LogP contribution in [-0.2, 0) is 6.54 Å². The highest BCUT2D eigenvalue weighted by molar-refractivity contribution is 9.10. The number of carbonyl (C=O) groups excluding carboxylic acids is 1. The van der Waals surface area contributed by atoms with Crippen LogP contribution in [0.15, 0.2) is 40.9 Å². The number of hydrogen-bond acceptors (Lipinski definition) is 1. The third-order valence-corrected chi connectivity index (χ3v) is 4.38. The van der Waals surface area contributed by atoms with Gasteiger partial charge in [-0.3, -0.25) is 4.79 Å². The van der Waals surface area contributed by atoms with Crippen molar-refractivity contribution in [1.82, 2.24) is 4.90 Å². The Morgan fingerprint density at radius 1 is 1.10 bits per heavy atom. The molecule has 0 aliphatic carbocycles. The number of nitrogens with zero attached hydrogens (tertiary/aromatic N) is 1. The Bertz CT molecular complexity index is 656. The second kappa shape index (κ2) is 6.44. The SMILES string of the molecule is Cc1cc(C)c(C(=O)N(C)Cc2ccccc2Br)c(C)c1. The van der Waals surface area contributed by atoms with E-state index in [2.05, 4.69) is 35.0 Å². The summed E-state index contributed by atoms with van der Waals surface area (Å²) in [7, 11) is 1.85. The molecule has 0 fully saturated rings. The average Bonchev–Trinajstić information content (AvgIpc) is 2.40. The molecule has 0 saturated heterocycles. The smallest absolute Gasteiger partial charge is 0.254 e. The molecule has 3 heteroatoms. The molecule has 1 amide bonds. The Hall–Kier alpha value is -1.61. The van der Waals surface area contributed by atoms with Crippen molar-refractivity contribution < 1.29 is 4.79 Å². The average molecular weight is 346 g/mol. The first-order valence-electron chi connectivity index (χ1n) is 6.97. The molecule has 0 spiro atoms. The van der Waals surface area contributed by atoms with Crippen LogP contribution in [0, 0.1) is 20.8 Å². The molecule has 0 bridgehead atoms. The molecule has 0 aliphatic heterocycles. The molecule has 0 heterocycles. The number of carbonyl (C=O) groups is 1. The van der Waals surface area contributed by atoms with Gasteiger partial charge < -0.3 is 4.90 Å². The minimum Gasteiger partial charge on any atom is -0.337 e. The van der Waals surface area contributed by atoms with E-state index in [1.54, 1.807) is 4.90 Å². The molecular formula is C18H20BrNO. The molecule has 2 aromatic rings. The van der Waals surface area contributed by atoms with Crippen molar-refractivity contribution in [1.29, 1.82) is 0 Å². The zero-order valence-corrected chi connectivity index (χ0v) is 14.5. The molecule has 2 aromatic carbocycles. The highest BCUT2D eigenvalue weighted by Gasteiger charge is 2.17. The zero-order chi connectivity index (χ0) is 15.6. The second-order valence-corrected chi connectivity index (χ2v) is 6.38. The zero-order valence-electron chi connectivity index (χ0n) is 12.9. The van der Waals surface area contributed by atoms with Crippen molar-refractivity contribution in [3.8, 4) is 0 Å². The number of benzene rings is 2. The van der Waals surface area contributed by atoms with Crippen LogP contribution in [0.2, 0.25) is 0 Å². The molecule has 2 rings (SSSR count). The lowest BCUT2D eigenvalue weighted by atomic mass is 9.98. The van der Waals surface area contributed by atoms with Gasteiger partial charge in [-0.1, -0.05) is 51.8 Å². The standard InChI is InChI=1S/C18H20BrNO/c1-12-9-13(2)17(14(3)10-12)18(21)20(4)11-15-7-5-6-8-16(15)19/h5-10H,11H2,1-4H3.